The fourth-order valence-electron chi connectivity index (χ4n) is 5.35. The average molecular weight is 526 g/mol. The molecule has 0 unspecified atom stereocenters. The second kappa shape index (κ2) is 10.5. The Kier molecular flexibility index (Phi) is 6.62. The first kappa shape index (κ1) is 24.5. The predicted molar refractivity (Wildman–Crippen MR) is 142 cm³/mol. The molecule has 11 nitrogen and oxygen atoms in total. The quantitative estimate of drug-likeness (QED) is 0.269. The third-order valence-corrected chi connectivity index (χ3v) is 7.26. The van der Waals surface area contributed by atoms with Crippen molar-refractivity contribution in [2.75, 3.05) is 0 Å². The molecule has 198 valence electrons. The highest BCUT2D eigenvalue weighted by Gasteiger charge is 2.25. The van der Waals surface area contributed by atoms with Crippen molar-refractivity contribution in [3.63, 3.8) is 0 Å². The molecule has 1 fully saturated rings. The zero-order chi connectivity index (χ0) is 26.8. The standard InChI is InChI=1S/C28H27N7O4/c36-27(30-23(28(37)38)14-17-5-4-6-18(13-17)25-31-33-34-32-25)19-9-10-24-22(15-19)29-26(20-11-12-39-16-20)35(24)21-7-2-1-3-8-21/h4-6,9-13,15-16,21,23H,1-3,7-8,14H2,(H,30,36)(H,37,38)(H,31,32,33,34)/t23-/m0/s1. The van der Waals surface area contributed by atoms with Gasteiger partial charge in [-0.15, -0.1) is 5.10 Å². The Balaban J connectivity index is 1.26. The third kappa shape index (κ3) is 5.02. The fourth-order valence-corrected chi connectivity index (χ4v) is 5.35. The summed E-state index contributed by atoms with van der Waals surface area (Å²) in [4.78, 5) is 30.2. The Morgan fingerprint density at radius 2 is 1.97 bits per heavy atom. The lowest BCUT2D eigenvalue weighted by Gasteiger charge is -2.25. The van der Waals surface area contributed by atoms with Crippen LogP contribution in [0.2, 0.25) is 0 Å². The lowest BCUT2D eigenvalue weighted by molar-refractivity contribution is -0.139. The molecule has 3 N–H and O–H groups in total. The summed E-state index contributed by atoms with van der Waals surface area (Å²) in [5, 5.41) is 26.3. The smallest absolute Gasteiger partial charge is 0.326 e. The van der Waals surface area contributed by atoms with Crippen LogP contribution in [0.5, 0.6) is 0 Å². The number of amides is 1. The van der Waals surface area contributed by atoms with E-state index in [1.54, 1.807) is 42.9 Å². The maximum atomic E-state index is 13.2. The molecule has 1 aliphatic carbocycles. The Morgan fingerprint density at radius 3 is 2.72 bits per heavy atom. The first-order valence-electron chi connectivity index (χ1n) is 13.0. The van der Waals surface area contributed by atoms with Crippen LogP contribution in [-0.4, -0.2) is 53.2 Å². The normalized spacial score (nSPS) is 14.9. The molecule has 1 amide bonds. The molecule has 5 aromatic rings. The van der Waals surface area contributed by atoms with Crippen molar-refractivity contribution in [1.82, 2.24) is 35.5 Å². The number of fused-ring (bicyclic) bond motifs is 1. The number of carboxylic acid groups (broad SMARTS) is 1. The van der Waals surface area contributed by atoms with Gasteiger partial charge in [-0.1, -0.05) is 37.5 Å². The molecule has 0 radical (unpaired) electrons. The van der Waals surface area contributed by atoms with E-state index in [9.17, 15) is 14.7 Å². The molecule has 0 spiro atoms. The number of carbonyl (C=O) groups is 2. The Hall–Kier alpha value is -4.80. The molecule has 39 heavy (non-hydrogen) atoms. The maximum Gasteiger partial charge on any atom is 0.326 e. The van der Waals surface area contributed by atoms with E-state index in [1.807, 2.05) is 18.2 Å². The van der Waals surface area contributed by atoms with Gasteiger partial charge in [0, 0.05) is 23.6 Å². The highest BCUT2D eigenvalue weighted by Crippen LogP contribution is 2.36. The van der Waals surface area contributed by atoms with E-state index in [0.29, 0.717) is 22.9 Å². The fraction of sp³-hybridized carbons (Fsp3) is 0.286. The highest BCUT2D eigenvalue weighted by molar-refractivity contribution is 5.99. The SMILES string of the molecule is O=C(N[C@@H](Cc1cccc(-c2nnn[nH]2)c1)C(=O)O)c1ccc2c(c1)nc(-c1ccoc1)n2C1CCCCC1. The van der Waals surface area contributed by atoms with Crippen LogP contribution in [0.4, 0.5) is 0 Å². The van der Waals surface area contributed by atoms with Gasteiger partial charge < -0.3 is 19.4 Å². The van der Waals surface area contributed by atoms with Crippen molar-refractivity contribution >= 4 is 22.9 Å². The molecule has 6 rings (SSSR count). The summed E-state index contributed by atoms with van der Waals surface area (Å²) in [7, 11) is 0. The van der Waals surface area contributed by atoms with Crippen LogP contribution < -0.4 is 5.32 Å². The number of nitrogens with one attached hydrogen (secondary N) is 2. The number of aromatic nitrogens is 6. The van der Waals surface area contributed by atoms with E-state index in [2.05, 4.69) is 30.5 Å². The number of nitrogens with zero attached hydrogens (tertiary/aromatic N) is 5. The minimum Gasteiger partial charge on any atom is -0.480 e. The highest BCUT2D eigenvalue weighted by atomic mass is 16.4. The van der Waals surface area contributed by atoms with Gasteiger partial charge in [-0.3, -0.25) is 4.79 Å². The largest absolute Gasteiger partial charge is 0.480 e. The second-order valence-electron chi connectivity index (χ2n) is 9.83. The van der Waals surface area contributed by atoms with E-state index >= 15 is 0 Å². The number of furan rings is 1. The topological polar surface area (TPSA) is 152 Å². The van der Waals surface area contributed by atoms with Gasteiger partial charge in [-0.25, -0.2) is 14.9 Å². The minimum atomic E-state index is -1.13. The number of carbonyl (C=O) groups excluding carboxylic acids is 1. The number of aromatic amines is 1. The van der Waals surface area contributed by atoms with Crippen molar-refractivity contribution in [1.29, 1.82) is 0 Å². The lowest BCUT2D eigenvalue weighted by Crippen LogP contribution is -2.42. The average Bonchev–Trinajstić information content (AvgIpc) is 3.74. The number of hydrogen-bond donors (Lipinski definition) is 3. The molecule has 0 saturated heterocycles. The van der Waals surface area contributed by atoms with Gasteiger partial charge in [-0.05, 0) is 59.2 Å². The Morgan fingerprint density at radius 1 is 1.10 bits per heavy atom. The van der Waals surface area contributed by atoms with Gasteiger partial charge in [-0.2, -0.15) is 0 Å². The van der Waals surface area contributed by atoms with Gasteiger partial charge >= 0.3 is 5.97 Å². The molecule has 1 aliphatic rings. The number of benzene rings is 2. The molecular weight excluding hydrogens is 498 g/mol. The molecule has 1 saturated carbocycles. The van der Waals surface area contributed by atoms with E-state index in [0.717, 1.165) is 40.9 Å². The summed E-state index contributed by atoms with van der Waals surface area (Å²) in [6.45, 7) is 0. The summed E-state index contributed by atoms with van der Waals surface area (Å²) in [5.41, 5.74) is 4.32. The molecule has 3 heterocycles. The van der Waals surface area contributed by atoms with Crippen molar-refractivity contribution in [2.45, 2.75) is 50.6 Å². The van der Waals surface area contributed by atoms with Crippen LogP contribution in [0, 0.1) is 0 Å². The number of carboxylic acids is 1. The van der Waals surface area contributed by atoms with Gasteiger partial charge in [0.25, 0.3) is 5.91 Å². The first-order chi connectivity index (χ1) is 19.1. The molecule has 1 atom stereocenters. The van der Waals surface area contributed by atoms with Crippen LogP contribution in [0.3, 0.4) is 0 Å². The van der Waals surface area contributed by atoms with Crippen LogP contribution >= 0.6 is 0 Å². The number of tetrazole rings is 1. The van der Waals surface area contributed by atoms with Crippen LogP contribution in [0.15, 0.2) is 65.5 Å². The van der Waals surface area contributed by atoms with Crippen molar-refractivity contribution in [3.8, 4) is 22.8 Å². The van der Waals surface area contributed by atoms with Gasteiger partial charge in [0.05, 0.1) is 22.9 Å². The molecule has 2 aromatic carbocycles. The summed E-state index contributed by atoms with van der Waals surface area (Å²) >= 11 is 0. The summed E-state index contributed by atoms with van der Waals surface area (Å²) in [6.07, 6.45) is 9.14. The second-order valence-corrected chi connectivity index (χ2v) is 9.83. The summed E-state index contributed by atoms with van der Waals surface area (Å²) in [5.74, 6) is -0.311. The van der Waals surface area contributed by atoms with Crippen molar-refractivity contribution in [3.05, 3.63) is 72.2 Å². The Bertz CT molecular complexity index is 1600. The molecule has 3 aromatic heterocycles. The van der Waals surface area contributed by atoms with Gasteiger partial charge in [0.1, 0.15) is 18.1 Å². The molecule has 0 aliphatic heterocycles. The number of rotatable bonds is 8. The first-order valence-corrected chi connectivity index (χ1v) is 13.0. The number of aliphatic carboxylic acids is 1. The zero-order valence-electron chi connectivity index (χ0n) is 21.1. The summed E-state index contributed by atoms with van der Waals surface area (Å²) in [6, 6.07) is 13.7. The molecule has 11 heteroatoms. The lowest BCUT2D eigenvalue weighted by atomic mass is 9.95. The summed E-state index contributed by atoms with van der Waals surface area (Å²) < 4.78 is 7.59. The van der Waals surface area contributed by atoms with Crippen molar-refractivity contribution in [2.24, 2.45) is 0 Å². The molecule has 0 bridgehead atoms. The Labute approximate surface area is 223 Å². The van der Waals surface area contributed by atoms with Gasteiger partial charge in [0.15, 0.2) is 5.82 Å². The van der Waals surface area contributed by atoms with Crippen LogP contribution in [-0.2, 0) is 11.2 Å². The van der Waals surface area contributed by atoms with Crippen LogP contribution in [0.25, 0.3) is 33.8 Å². The third-order valence-electron chi connectivity index (χ3n) is 7.26. The van der Waals surface area contributed by atoms with E-state index in [-0.39, 0.29) is 6.42 Å². The van der Waals surface area contributed by atoms with E-state index in [1.165, 1.54) is 19.3 Å². The van der Waals surface area contributed by atoms with E-state index < -0.39 is 17.9 Å². The zero-order valence-corrected chi connectivity index (χ0v) is 21.1. The number of hydrogen-bond acceptors (Lipinski definition) is 7. The maximum absolute atomic E-state index is 13.2. The monoisotopic (exact) mass is 525 g/mol. The van der Waals surface area contributed by atoms with Gasteiger partial charge in [0.2, 0.25) is 0 Å². The van der Waals surface area contributed by atoms with Crippen molar-refractivity contribution < 1.29 is 19.1 Å². The predicted octanol–water partition coefficient (Wildman–Crippen LogP) is 4.41. The molecular formula is C28H27N7O4. The van der Waals surface area contributed by atoms with Crippen LogP contribution in [0.1, 0.15) is 54.1 Å². The number of imidazole rings is 1. The minimum absolute atomic E-state index is 0.0969. The number of H-pyrrole nitrogens is 1. The van der Waals surface area contributed by atoms with E-state index in [4.69, 9.17) is 9.40 Å².